The Morgan fingerprint density at radius 1 is 0.886 bits per heavy atom. The average molecular weight is 468 g/mol. The van der Waals surface area contributed by atoms with Crippen LogP contribution >= 0.6 is 0 Å². The van der Waals surface area contributed by atoms with Gasteiger partial charge in [0.15, 0.2) is 0 Å². The monoisotopic (exact) mass is 467 g/mol. The zero-order valence-electron chi connectivity index (χ0n) is 20.1. The van der Waals surface area contributed by atoms with Gasteiger partial charge < -0.3 is 9.84 Å². The minimum Gasteiger partial charge on any atom is -0.489 e. The molecule has 0 spiro atoms. The number of carboxylic acid groups (broad SMARTS) is 1. The highest BCUT2D eigenvalue weighted by Crippen LogP contribution is 2.23. The number of hydrogen-bond acceptors (Lipinski definition) is 3. The topological polar surface area (TPSA) is 49.8 Å². The van der Waals surface area contributed by atoms with Crippen LogP contribution in [-0.2, 0) is 24.4 Å². The van der Waals surface area contributed by atoms with Crippen LogP contribution in [0.5, 0.6) is 5.75 Å². The molecule has 1 aliphatic heterocycles. The highest BCUT2D eigenvalue weighted by atomic mass is 16.5. The van der Waals surface area contributed by atoms with Gasteiger partial charge in [-0.3, -0.25) is 9.69 Å². The maximum Gasteiger partial charge on any atom is 0.303 e. The lowest BCUT2D eigenvalue weighted by Crippen LogP contribution is -2.28. The van der Waals surface area contributed by atoms with E-state index in [1.165, 1.54) is 22.3 Å². The molecule has 0 aliphatic carbocycles. The van der Waals surface area contributed by atoms with Gasteiger partial charge in [-0.05, 0) is 59.2 Å². The summed E-state index contributed by atoms with van der Waals surface area (Å²) in [7, 11) is 0. The van der Waals surface area contributed by atoms with Crippen molar-refractivity contribution < 1.29 is 14.6 Å². The van der Waals surface area contributed by atoms with E-state index in [1.807, 2.05) is 24.3 Å². The van der Waals surface area contributed by atoms with Gasteiger partial charge in [0.1, 0.15) is 12.4 Å². The van der Waals surface area contributed by atoms with Crippen molar-refractivity contribution in [3.63, 3.8) is 0 Å². The lowest BCUT2D eigenvalue weighted by molar-refractivity contribution is -0.136. The SMILES string of the molecule is O=C(O)CCC=CCc1ccc(OCc2ccc(CN3CC=C(c4ccccc4)CC3)cc2)cc1. The molecule has 4 nitrogen and oxygen atoms in total. The standard InChI is InChI=1S/C31H33NO3/c33-31(34)10-6-1-3-7-25-15-17-30(18-16-25)35-24-27-13-11-26(12-14-27)23-32-21-19-29(20-22-32)28-8-4-2-5-9-28/h1-5,8-9,11-19H,6-7,10,20-24H2,(H,33,34). The van der Waals surface area contributed by atoms with E-state index >= 15 is 0 Å². The Labute approximate surface area is 208 Å². The Morgan fingerprint density at radius 3 is 2.29 bits per heavy atom. The molecule has 1 N–H and O–H groups in total. The molecular formula is C31H33NO3. The normalized spacial score (nSPS) is 14.1. The van der Waals surface area contributed by atoms with Crippen LogP contribution in [0.4, 0.5) is 0 Å². The number of nitrogens with zero attached hydrogens (tertiary/aromatic N) is 1. The molecular weight excluding hydrogens is 434 g/mol. The largest absolute Gasteiger partial charge is 0.489 e. The third-order valence-corrected chi connectivity index (χ3v) is 6.24. The molecule has 35 heavy (non-hydrogen) atoms. The van der Waals surface area contributed by atoms with Gasteiger partial charge in [-0.25, -0.2) is 0 Å². The fourth-order valence-electron chi connectivity index (χ4n) is 4.20. The predicted octanol–water partition coefficient (Wildman–Crippen LogP) is 6.52. The number of benzene rings is 3. The molecule has 0 atom stereocenters. The first-order valence-corrected chi connectivity index (χ1v) is 12.3. The van der Waals surface area contributed by atoms with Gasteiger partial charge in [0.25, 0.3) is 0 Å². The van der Waals surface area contributed by atoms with Crippen molar-refractivity contribution in [2.75, 3.05) is 13.1 Å². The first kappa shape index (κ1) is 24.5. The van der Waals surface area contributed by atoms with E-state index in [0.717, 1.165) is 43.8 Å². The summed E-state index contributed by atoms with van der Waals surface area (Å²) in [5, 5.41) is 8.66. The molecule has 3 aromatic rings. The maximum atomic E-state index is 10.5. The molecule has 0 unspecified atom stereocenters. The van der Waals surface area contributed by atoms with E-state index in [1.54, 1.807) is 0 Å². The Kier molecular flexibility index (Phi) is 8.91. The van der Waals surface area contributed by atoms with E-state index < -0.39 is 5.97 Å². The second-order valence-corrected chi connectivity index (χ2v) is 8.94. The summed E-state index contributed by atoms with van der Waals surface area (Å²) < 4.78 is 5.96. The number of carbonyl (C=O) groups is 1. The van der Waals surface area contributed by atoms with Crippen molar-refractivity contribution in [2.45, 2.75) is 38.8 Å². The van der Waals surface area contributed by atoms with Crippen molar-refractivity contribution in [3.8, 4) is 5.75 Å². The Balaban J connectivity index is 1.20. The molecule has 0 radical (unpaired) electrons. The highest BCUT2D eigenvalue weighted by Gasteiger charge is 2.13. The van der Waals surface area contributed by atoms with E-state index in [2.05, 4.69) is 77.7 Å². The molecule has 3 aromatic carbocycles. The molecule has 0 saturated carbocycles. The van der Waals surface area contributed by atoms with E-state index in [9.17, 15) is 4.79 Å². The summed E-state index contributed by atoms with van der Waals surface area (Å²) in [5.74, 6) is 0.0878. The van der Waals surface area contributed by atoms with Crippen LogP contribution in [0.15, 0.2) is 97.1 Å². The van der Waals surface area contributed by atoms with E-state index in [4.69, 9.17) is 9.84 Å². The van der Waals surface area contributed by atoms with Gasteiger partial charge >= 0.3 is 5.97 Å². The number of aliphatic carboxylic acids is 1. The molecule has 4 rings (SSSR count). The lowest BCUT2D eigenvalue weighted by atomic mass is 9.99. The number of rotatable bonds is 11. The van der Waals surface area contributed by atoms with Gasteiger partial charge in [0.2, 0.25) is 0 Å². The van der Waals surface area contributed by atoms with Crippen molar-refractivity contribution in [3.05, 3.63) is 119 Å². The van der Waals surface area contributed by atoms with Crippen LogP contribution in [0.2, 0.25) is 0 Å². The van der Waals surface area contributed by atoms with Crippen LogP contribution in [0.3, 0.4) is 0 Å². The van der Waals surface area contributed by atoms with Crippen LogP contribution in [0.25, 0.3) is 5.57 Å². The summed E-state index contributed by atoms with van der Waals surface area (Å²) in [4.78, 5) is 13.0. The second kappa shape index (κ2) is 12.7. The summed E-state index contributed by atoms with van der Waals surface area (Å²) in [6.45, 7) is 3.58. The molecule has 0 saturated heterocycles. The van der Waals surface area contributed by atoms with E-state index in [-0.39, 0.29) is 6.42 Å². The molecule has 4 heteroatoms. The van der Waals surface area contributed by atoms with Crippen LogP contribution < -0.4 is 4.74 Å². The predicted molar refractivity (Wildman–Crippen MR) is 141 cm³/mol. The van der Waals surface area contributed by atoms with Crippen LogP contribution in [-0.4, -0.2) is 29.1 Å². The minimum absolute atomic E-state index is 0.176. The van der Waals surface area contributed by atoms with E-state index in [0.29, 0.717) is 13.0 Å². The third-order valence-electron chi connectivity index (χ3n) is 6.24. The van der Waals surface area contributed by atoms with Crippen molar-refractivity contribution >= 4 is 11.5 Å². The molecule has 0 amide bonds. The van der Waals surface area contributed by atoms with Crippen LogP contribution in [0.1, 0.15) is 41.5 Å². The summed E-state index contributed by atoms with van der Waals surface area (Å²) in [6.07, 6.45) is 8.93. The molecule has 180 valence electrons. The smallest absolute Gasteiger partial charge is 0.303 e. The Hall–Kier alpha value is -3.63. The fourth-order valence-corrected chi connectivity index (χ4v) is 4.20. The molecule has 1 heterocycles. The molecule has 1 aliphatic rings. The first-order chi connectivity index (χ1) is 17.2. The summed E-state index contributed by atoms with van der Waals surface area (Å²) >= 11 is 0. The number of hydrogen-bond donors (Lipinski definition) is 1. The van der Waals surface area contributed by atoms with Gasteiger partial charge in [0, 0.05) is 26.1 Å². The van der Waals surface area contributed by atoms with Gasteiger partial charge in [-0.2, -0.15) is 0 Å². The number of allylic oxidation sites excluding steroid dienone is 2. The third kappa shape index (κ3) is 7.97. The highest BCUT2D eigenvalue weighted by molar-refractivity contribution is 5.67. The van der Waals surface area contributed by atoms with Crippen molar-refractivity contribution in [1.82, 2.24) is 4.90 Å². The summed E-state index contributed by atoms with van der Waals surface area (Å²) in [5.41, 5.74) is 6.46. The fraction of sp³-hybridized carbons (Fsp3) is 0.258. The van der Waals surface area contributed by atoms with Crippen LogP contribution in [0, 0.1) is 0 Å². The van der Waals surface area contributed by atoms with Crippen molar-refractivity contribution in [2.24, 2.45) is 0 Å². The maximum absolute atomic E-state index is 10.5. The zero-order chi connectivity index (χ0) is 24.3. The second-order valence-electron chi connectivity index (χ2n) is 8.94. The quantitative estimate of drug-likeness (QED) is 0.326. The number of ether oxygens (including phenoxy) is 1. The Bertz CT molecular complexity index is 1130. The molecule has 0 aromatic heterocycles. The van der Waals surface area contributed by atoms with Gasteiger partial charge in [0.05, 0.1) is 0 Å². The van der Waals surface area contributed by atoms with Gasteiger partial charge in [-0.15, -0.1) is 0 Å². The molecule has 0 fully saturated rings. The zero-order valence-corrected chi connectivity index (χ0v) is 20.1. The number of carboxylic acids is 1. The van der Waals surface area contributed by atoms with Gasteiger partial charge in [-0.1, -0.05) is 85.0 Å². The molecule has 0 bridgehead atoms. The first-order valence-electron chi connectivity index (χ1n) is 12.3. The summed E-state index contributed by atoms with van der Waals surface area (Å²) in [6, 6.07) is 27.5. The van der Waals surface area contributed by atoms with Crippen molar-refractivity contribution in [1.29, 1.82) is 0 Å². The lowest BCUT2D eigenvalue weighted by Gasteiger charge is -2.26. The average Bonchev–Trinajstić information content (AvgIpc) is 2.89. The Morgan fingerprint density at radius 2 is 1.60 bits per heavy atom. The minimum atomic E-state index is -0.761.